The topological polar surface area (TPSA) is 114 Å². The molecule has 1 N–H and O–H groups in total. The molecule has 0 saturated carbocycles. The molecule has 35 heavy (non-hydrogen) atoms. The van der Waals surface area contributed by atoms with E-state index in [0.29, 0.717) is 23.8 Å². The Labute approximate surface area is 202 Å². The second kappa shape index (κ2) is 10.6. The molecule has 4 rings (SSSR count). The van der Waals surface area contributed by atoms with E-state index in [0.717, 1.165) is 33.2 Å². The summed E-state index contributed by atoms with van der Waals surface area (Å²) in [7, 11) is 2.97. The van der Waals surface area contributed by atoms with Gasteiger partial charge in [0.2, 0.25) is 5.69 Å². The van der Waals surface area contributed by atoms with Crippen LogP contribution in [-0.2, 0) is 11.3 Å². The number of aryl methyl sites for hydroxylation is 1. The van der Waals surface area contributed by atoms with E-state index in [4.69, 9.17) is 14.2 Å². The number of nitrogens with one attached hydrogen (secondary N) is 1. The van der Waals surface area contributed by atoms with Crippen molar-refractivity contribution in [2.75, 3.05) is 27.4 Å². The molecule has 1 amide bonds. The van der Waals surface area contributed by atoms with Crippen LogP contribution in [0.5, 0.6) is 11.5 Å². The number of methoxy groups -OCH3 is 2. The number of hydrogen-bond acceptors (Lipinski definition) is 7. The van der Waals surface area contributed by atoms with Gasteiger partial charge in [-0.1, -0.05) is 24.3 Å². The van der Waals surface area contributed by atoms with Crippen molar-refractivity contribution < 1.29 is 19.0 Å². The zero-order chi connectivity index (χ0) is 24.9. The fourth-order valence-corrected chi connectivity index (χ4v) is 3.97. The van der Waals surface area contributed by atoms with Crippen molar-refractivity contribution >= 4 is 5.91 Å². The van der Waals surface area contributed by atoms with Crippen molar-refractivity contribution in [1.29, 1.82) is 0 Å². The minimum atomic E-state index is -0.764. The molecule has 2 heterocycles. The molecule has 10 heteroatoms. The molecule has 3 aromatic rings. The van der Waals surface area contributed by atoms with Crippen LogP contribution in [0.4, 0.5) is 0 Å². The van der Waals surface area contributed by atoms with Crippen LogP contribution in [0.1, 0.15) is 34.5 Å². The van der Waals surface area contributed by atoms with Crippen LogP contribution in [-0.4, -0.2) is 53.7 Å². The largest absolute Gasteiger partial charge is 0.493 e. The van der Waals surface area contributed by atoms with Crippen LogP contribution in [0, 0.1) is 6.92 Å². The molecule has 1 aliphatic rings. The summed E-state index contributed by atoms with van der Waals surface area (Å²) in [6, 6.07) is 12.2. The van der Waals surface area contributed by atoms with E-state index in [2.05, 4.69) is 10.4 Å². The van der Waals surface area contributed by atoms with Gasteiger partial charge >= 0.3 is 5.69 Å². The Morgan fingerprint density at radius 3 is 2.60 bits per heavy atom. The lowest BCUT2D eigenvalue weighted by Gasteiger charge is -2.15. The Morgan fingerprint density at radius 2 is 1.91 bits per heavy atom. The van der Waals surface area contributed by atoms with Crippen molar-refractivity contribution in [2.24, 2.45) is 0 Å². The number of aromatic nitrogens is 3. The molecule has 1 aliphatic heterocycles. The molecule has 1 aromatic heterocycles. The highest BCUT2D eigenvalue weighted by atomic mass is 16.5. The van der Waals surface area contributed by atoms with E-state index in [-0.39, 0.29) is 24.9 Å². The average Bonchev–Trinajstić information content (AvgIpc) is 3.39. The summed E-state index contributed by atoms with van der Waals surface area (Å²) in [6.07, 6.45) is 1.65. The van der Waals surface area contributed by atoms with Crippen LogP contribution in [0.3, 0.4) is 0 Å². The molecular formula is C25H28N4O6. The second-order valence-corrected chi connectivity index (χ2v) is 8.25. The number of carbonyl (C=O) groups excluding carboxylic acids is 1. The van der Waals surface area contributed by atoms with Crippen molar-refractivity contribution in [3.05, 3.63) is 80.1 Å². The average molecular weight is 481 g/mol. The molecule has 0 radical (unpaired) electrons. The van der Waals surface area contributed by atoms with Gasteiger partial charge in [-0.15, -0.1) is 0 Å². The monoisotopic (exact) mass is 480 g/mol. The van der Waals surface area contributed by atoms with Gasteiger partial charge in [0.25, 0.3) is 11.5 Å². The van der Waals surface area contributed by atoms with Gasteiger partial charge in [0.15, 0.2) is 11.5 Å². The quantitative estimate of drug-likeness (QED) is 0.522. The summed E-state index contributed by atoms with van der Waals surface area (Å²) in [5.74, 6) is 0.171. The van der Waals surface area contributed by atoms with Crippen LogP contribution < -0.4 is 26.0 Å². The van der Waals surface area contributed by atoms with Crippen molar-refractivity contribution in [2.45, 2.75) is 32.4 Å². The van der Waals surface area contributed by atoms with Gasteiger partial charge in [-0.3, -0.25) is 14.2 Å². The third-order valence-corrected chi connectivity index (χ3v) is 5.99. The number of nitrogens with zero attached hydrogens (tertiary/aromatic N) is 3. The van der Waals surface area contributed by atoms with Gasteiger partial charge < -0.3 is 19.5 Å². The zero-order valence-corrected chi connectivity index (χ0v) is 19.9. The third-order valence-electron chi connectivity index (χ3n) is 5.99. The molecule has 0 bridgehead atoms. The van der Waals surface area contributed by atoms with Gasteiger partial charge in [-0.05, 0) is 43.0 Å². The molecule has 1 saturated heterocycles. The number of hydrogen-bond donors (Lipinski definition) is 1. The third kappa shape index (κ3) is 5.12. The molecule has 2 aromatic carbocycles. The minimum absolute atomic E-state index is 0.00777. The number of ether oxygens (including phenoxy) is 3. The Bertz CT molecular complexity index is 1340. The van der Waals surface area contributed by atoms with E-state index < -0.39 is 17.2 Å². The molecule has 1 atom stereocenters. The highest BCUT2D eigenvalue weighted by molar-refractivity contribution is 5.91. The highest BCUT2D eigenvalue weighted by Crippen LogP contribution is 2.28. The van der Waals surface area contributed by atoms with E-state index >= 15 is 0 Å². The van der Waals surface area contributed by atoms with E-state index in [9.17, 15) is 14.4 Å². The summed E-state index contributed by atoms with van der Waals surface area (Å²) in [5.41, 5.74) is 0.187. The molecule has 0 spiro atoms. The number of amides is 1. The van der Waals surface area contributed by atoms with Crippen LogP contribution in [0.15, 0.2) is 52.1 Å². The van der Waals surface area contributed by atoms with Crippen LogP contribution >= 0.6 is 0 Å². The summed E-state index contributed by atoms with van der Waals surface area (Å²) < 4.78 is 18.2. The second-order valence-electron chi connectivity index (χ2n) is 8.25. The van der Waals surface area contributed by atoms with E-state index in [1.165, 1.54) is 14.2 Å². The molecule has 0 aliphatic carbocycles. The first-order chi connectivity index (χ1) is 16.9. The van der Waals surface area contributed by atoms with Gasteiger partial charge in [0, 0.05) is 19.2 Å². The Kier molecular flexibility index (Phi) is 7.31. The molecule has 1 fully saturated rings. The van der Waals surface area contributed by atoms with Gasteiger partial charge in [0.1, 0.15) is 0 Å². The number of carbonyl (C=O) groups is 1. The molecular weight excluding hydrogens is 452 g/mol. The Hall–Kier alpha value is -3.92. The van der Waals surface area contributed by atoms with Gasteiger partial charge in [-0.2, -0.15) is 9.78 Å². The Balaban J connectivity index is 1.81. The predicted molar refractivity (Wildman–Crippen MR) is 129 cm³/mol. The van der Waals surface area contributed by atoms with E-state index in [1.54, 1.807) is 18.2 Å². The van der Waals surface area contributed by atoms with E-state index in [1.807, 2.05) is 31.2 Å². The van der Waals surface area contributed by atoms with Crippen molar-refractivity contribution in [1.82, 2.24) is 19.7 Å². The van der Waals surface area contributed by atoms with Crippen LogP contribution in [0.2, 0.25) is 0 Å². The number of rotatable bonds is 8. The fourth-order valence-electron chi connectivity index (χ4n) is 3.97. The first-order valence-electron chi connectivity index (χ1n) is 11.3. The lowest BCUT2D eigenvalue weighted by atomic mass is 10.1. The van der Waals surface area contributed by atoms with Crippen LogP contribution in [0.25, 0.3) is 5.69 Å². The smallest absolute Gasteiger partial charge is 0.352 e. The summed E-state index contributed by atoms with van der Waals surface area (Å²) in [5, 5.41) is 6.89. The first-order valence-corrected chi connectivity index (χ1v) is 11.3. The fraction of sp³-hybridized carbons (Fsp3) is 0.360. The summed E-state index contributed by atoms with van der Waals surface area (Å²) >= 11 is 0. The predicted octanol–water partition coefficient (Wildman–Crippen LogP) is 1.68. The summed E-state index contributed by atoms with van der Waals surface area (Å²) in [4.78, 5) is 39.8. The lowest BCUT2D eigenvalue weighted by molar-refractivity contribution is 0.0849. The van der Waals surface area contributed by atoms with Crippen molar-refractivity contribution in [3.63, 3.8) is 0 Å². The zero-order valence-electron chi connectivity index (χ0n) is 19.9. The maximum atomic E-state index is 13.4. The normalized spacial score (nSPS) is 15.1. The molecule has 184 valence electrons. The standard InChI is InChI=1S/C25H28N4O6/c1-16-7-4-5-8-17(16)15-28-24(31)22(23(30)26-14-19-9-6-12-35-19)27-29(25(28)32)18-10-11-20(33-2)21(13-18)34-3/h4-5,7-8,10-11,13,19H,6,9,12,14-15H2,1-3H3,(H,26,30)/t19-/m1/s1. The lowest BCUT2D eigenvalue weighted by Crippen LogP contribution is -2.46. The SMILES string of the molecule is COc1ccc(-n2nc(C(=O)NC[C@H]3CCCO3)c(=O)n(Cc3ccccc3C)c2=O)cc1OC. The Morgan fingerprint density at radius 1 is 1.14 bits per heavy atom. The highest BCUT2D eigenvalue weighted by Gasteiger charge is 2.23. The van der Waals surface area contributed by atoms with Gasteiger partial charge in [-0.25, -0.2) is 4.79 Å². The van der Waals surface area contributed by atoms with Crippen molar-refractivity contribution in [3.8, 4) is 17.2 Å². The maximum absolute atomic E-state index is 13.4. The molecule has 10 nitrogen and oxygen atoms in total. The minimum Gasteiger partial charge on any atom is -0.493 e. The maximum Gasteiger partial charge on any atom is 0.352 e. The first kappa shape index (κ1) is 24.2. The molecule has 0 unspecified atom stereocenters. The van der Waals surface area contributed by atoms with Gasteiger partial charge in [0.05, 0.1) is 32.6 Å². The summed E-state index contributed by atoms with van der Waals surface area (Å²) in [6.45, 7) is 2.79. The number of benzene rings is 2.